The van der Waals surface area contributed by atoms with Crippen molar-refractivity contribution in [3.63, 3.8) is 0 Å². The number of para-hydroxylation sites is 1. The summed E-state index contributed by atoms with van der Waals surface area (Å²) >= 11 is 0. The lowest BCUT2D eigenvalue weighted by molar-refractivity contribution is -0.385. The van der Waals surface area contributed by atoms with Crippen LogP contribution in [0.3, 0.4) is 0 Å². The zero-order valence-electron chi connectivity index (χ0n) is 14.7. The molecule has 1 atom stereocenters. The van der Waals surface area contributed by atoms with Gasteiger partial charge in [-0.3, -0.25) is 14.9 Å². The van der Waals surface area contributed by atoms with Gasteiger partial charge in [0.2, 0.25) is 0 Å². The average molecular weight is 349 g/mol. The van der Waals surface area contributed by atoms with Gasteiger partial charge in [-0.25, -0.2) is 4.79 Å². The van der Waals surface area contributed by atoms with Gasteiger partial charge in [-0.2, -0.15) is 0 Å². The van der Waals surface area contributed by atoms with E-state index in [-0.39, 0.29) is 17.3 Å². The molecule has 1 aliphatic heterocycles. The molecule has 0 radical (unpaired) electrons. The second kappa shape index (κ2) is 7.50. The SMILES string of the molecule is CC(C)(C)OC(=O)N1CCC[C@H](NC(=O)c2ccccc2[N+](=O)[O-])C1. The Bertz CT molecular complexity index is 668. The first-order valence-corrected chi connectivity index (χ1v) is 8.19. The molecule has 1 saturated heterocycles. The van der Waals surface area contributed by atoms with Crippen LogP contribution in [-0.2, 0) is 4.74 Å². The highest BCUT2D eigenvalue weighted by atomic mass is 16.6. The molecule has 1 fully saturated rings. The molecule has 0 saturated carbocycles. The minimum absolute atomic E-state index is 0.0156. The number of amides is 2. The summed E-state index contributed by atoms with van der Waals surface area (Å²) in [6, 6.07) is 5.54. The van der Waals surface area contributed by atoms with E-state index in [1.165, 1.54) is 18.2 Å². The maximum atomic E-state index is 12.4. The van der Waals surface area contributed by atoms with Gasteiger partial charge in [0.15, 0.2) is 0 Å². The number of carbonyl (C=O) groups is 2. The predicted octanol–water partition coefficient (Wildman–Crippen LogP) is 2.72. The molecule has 8 nitrogen and oxygen atoms in total. The van der Waals surface area contributed by atoms with Crippen molar-refractivity contribution in [3.8, 4) is 0 Å². The molecule has 0 unspecified atom stereocenters. The number of hydrogen-bond acceptors (Lipinski definition) is 5. The van der Waals surface area contributed by atoms with Gasteiger partial charge >= 0.3 is 6.09 Å². The van der Waals surface area contributed by atoms with E-state index in [0.717, 1.165) is 6.42 Å². The molecule has 8 heteroatoms. The van der Waals surface area contributed by atoms with Crippen LogP contribution < -0.4 is 5.32 Å². The van der Waals surface area contributed by atoms with E-state index in [4.69, 9.17) is 4.74 Å². The van der Waals surface area contributed by atoms with Gasteiger partial charge in [-0.05, 0) is 39.7 Å². The van der Waals surface area contributed by atoms with Crippen LogP contribution in [0.4, 0.5) is 10.5 Å². The van der Waals surface area contributed by atoms with E-state index in [0.29, 0.717) is 19.5 Å². The molecule has 0 aliphatic carbocycles. The van der Waals surface area contributed by atoms with Crippen molar-refractivity contribution < 1.29 is 19.2 Å². The van der Waals surface area contributed by atoms with Gasteiger partial charge < -0.3 is 15.0 Å². The fraction of sp³-hybridized carbons (Fsp3) is 0.529. The summed E-state index contributed by atoms with van der Waals surface area (Å²) in [5.41, 5.74) is -0.806. The Morgan fingerprint density at radius 3 is 2.64 bits per heavy atom. The molecule has 2 amide bonds. The smallest absolute Gasteiger partial charge is 0.410 e. The molecule has 0 spiro atoms. The Kier molecular flexibility index (Phi) is 5.61. The lowest BCUT2D eigenvalue weighted by Gasteiger charge is -2.34. The monoisotopic (exact) mass is 349 g/mol. The van der Waals surface area contributed by atoms with E-state index < -0.39 is 22.5 Å². The Balaban J connectivity index is 2.02. The molecule has 1 heterocycles. The third-order valence-electron chi connectivity index (χ3n) is 3.75. The zero-order valence-corrected chi connectivity index (χ0v) is 14.7. The summed E-state index contributed by atoms with van der Waals surface area (Å²) in [6.45, 7) is 6.27. The first-order chi connectivity index (χ1) is 11.7. The lowest BCUT2D eigenvalue weighted by Crippen LogP contribution is -2.50. The Labute approximate surface area is 146 Å². The standard InChI is InChI=1S/C17H23N3O5/c1-17(2,3)25-16(22)19-10-6-7-12(11-19)18-15(21)13-8-4-5-9-14(13)20(23)24/h4-5,8-9,12H,6-7,10-11H2,1-3H3,(H,18,21)/t12-/m0/s1. The lowest BCUT2D eigenvalue weighted by atomic mass is 10.0. The zero-order chi connectivity index (χ0) is 18.6. The number of nitro groups is 1. The number of rotatable bonds is 3. The van der Waals surface area contributed by atoms with Crippen LogP contribution in [0.2, 0.25) is 0 Å². The molecule has 1 N–H and O–H groups in total. The second-order valence-corrected chi connectivity index (χ2v) is 7.01. The normalized spacial score (nSPS) is 17.7. The summed E-state index contributed by atoms with van der Waals surface area (Å²) in [7, 11) is 0. The molecule has 25 heavy (non-hydrogen) atoms. The van der Waals surface area contributed by atoms with Crippen molar-refractivity contribution >= 4 is 17.7 Å². The van der Waals surface area contributed by atoms with E-state index >= 15 is 0 Å². The van der Waals surface area contributed by atoms with E-state index in [9.17, 15) is 19.7 Å². The quantitative estimate of drug-likeness (QED) is 0.668. The van der Waals surface area contributed by atoms with Crippen molar-refractivity contribution in [1.82, 2.24) is 10.2 Å². The number of hydrogen-bond donors (Lipinski definition) is 1. The summed E-state index contributed by atoms with van der Waals surface area (Å²) in [4.78, 5) is 36.6. The fourth-order valence-corrected chi connectivity index (χ4v) is 2.68. The molecule has 1 aliphatic rings. The first kappa shape index (κ1) is 18.7. The second-order valence-electron chi connectivity index (χ2n) is 7.01. The van der Waals surface area contributed by atoms with Crippen LogP contribution in [0.1, 0.15) is 44.0 Å². The maximum absolute atomic E-state index is 12.4. The van der Waals surface area contributed by atoms with Gasteiger partial charge in [0.05, 0.1) is 4.92 Å². The van der Waals surface area contributed by atoms with Crippen molar-refractivity contribution in [2.45, 2.75) is 45.3 Å². The first-order valence-electron chi connectivity index (χ1n) is 8.19. The molecular formula is C17H23N3O5. The van der Waals surface area contributed by atoms with Gasteiger partial charge in [-0.15, -0.1) is 0 Å². The summed E-state index contributed by atoms with van der Waals surface area (Å²) in [5.74, 6) is -0.511. The van der Waals surface area contributed by atoms with Crippen molar-refractivity contribution in [2.75, 3.05) is 13.1 Å². The highest BCUT2D eigenvalue weighted by molar-refractivity contribution is 5.98. The molecule has 0 bridgehead atoms. The van der Waals surface area contributed by atoms with Crippen molar-refractivity contribution in [3.05, 3.63) is 39.9 Å². The van der Waals surface area contributed by atoms with E-state index in [2.05, 4.69) is 5.32 Å². The summed E-state index contributed by atoms with van der Waals surface area (Å²) in [6.07, 6.45) is 1.00. The van der Waals surface area contributed by atoms with Crippen LogP contribution in [0.5, 0.6) is 0 Å². The molecule has 2 rings (SSSR count). The van der Waals surface area contributed by atoms with Crippen LogP contribution in [0.15, 0.2) is 24.3 Å². The maximum Gasteiger partial charge on any atom is 0.410 e. The highest BCUT2D eigenvalue weighted by Gasteiger charge is 2.29. The number of nitrogens with zero attached hydrogens (tertiary/aromatic N) is 2. The fourth-order valence-electron chi connectivity index (χ4n) is 2.68. The van der Waals surface area contributed by atoms with Gasteiger partial charge in [0.25, 0.3) is 11.6 Å². The topological polar surface area (TPSA) is 102 Å². The van der Waals surface area contributed by atoms with Crippen molar-refractivity contribution in [2.24, 2.45) is 0 Å². The molecule has 0 aromatic heterocycles. The van der Waals surface area contributed by atoms with Crippen LogP contribution >= 0.6 is 0 Å². The minimum Gasteiger partial charge on any atom is -0.444 e. The van der Waals surface area contributed by atoms with Gasteiger partial charge in [0.1, 0.15) is 11.2 Å². The van der Waals surface area contributed by atoms with Gasteiger partial charge in [0, 0.05) is 25.2 Å². The number of piperidine rings is 1. The number of benzene rings is 1. The van der Waals surface area contributed by atoms with Gasteiger partial charge in [-0.1, -0.05) is 12.1 Å². The number of carbonyl (C=O) groups excluding carboxylic acids is 2. The molecule has 1 aromatic carbocycles. The average Bonchev–Trinajstić information content (AvgIpc) is 2.53. The van der Waals surface area contributed by atoms with Crippen LogP contribution in [0, 0.1) is 10.1 Å². The number of ether oxygens (including phenoxy) is 1. The number of nitro benzene ring substituents is 1. The summed E-state index contributed by atoms with van der Waals surface area (Å²) in [5, 5.41) is 13.8. The Morgan fingerprint density at radius 1 is 1.32 bits per heavy atom. The van der Waals surface area contributed by atoms with E-state index in [1.54, 1.807) is 31.7 Å². The highest BCUT2D eigenvalue weighted by Crippen LogP contribution is 2.19. The molecule has 136 valence electrons. The summed E-state index contributed by atoms with van der Waals surface area (Å²) < 4.78 is 5.35. The Morgan fingerprint density at radius 2 is 2.00 bits per heavy atom. The Hall–Kier alpha value is -2.64. The third kappa shape index (κ3) is 5.17. The minimum atomic E-state index is -0.585. The predicted molar refractivity (Wildman–Crippen MR) is 91.4 cm³/mol. The van der Waals surface area contributed by atoms with Crippen LogP contribution in [-0.4, -0.2) is 46.6 Å². The largest absolute Gasteiger partial charge is 0.444 e. The van der Waals surface area contributed by atoms with Crippen molar-refractivity contribution in [1.29, 1.82) is 0 Å². The third-order valence-corrected chi connectivity index (χ3v) is 3.75. The molecule has 1 aromatic rings. The van der Waals surface area contributed by atoms with Crippen LogP contribution in [0.25, 0.3) is 0 Å². The molecular weight excluding hydrogens is 326 g/mol. The number of nitrogens with one attached hydrogen (secondary N) is 1. The number of likely N-dealkylation sites (tertiary alicyclic amines) is 1. The van der Waals surface area contributed by atoms with E-state index in [1.807, 2.05) is 0 Å².